The molecular formula is C14H28N4. The quantitative estimate of drug-likeness (QED) is 0.722. The lowest BCUT2D eigenvalue weighted by molar-refractivity contribution is 0.0109. The van der Waals surface area contributed by atoms with Crippen molar-refractivity contribution >= 4 is 0 Å². The van der Waals surface area contributed by atoms with E-state index in [-0.39, 0.29) is 0 Å². The average Bonchev–Trinajstić information content (AvgIpc) is 2.55. The summed E-state index contributed by atoms with van der Waals surface area (Å²) in [7, 11) is 4.42. The first-order valence-electron chi connectivity index (χ1n) is 7.38. The van der Waals surface area contributed by atoms with Crippen molar-refractivity contribution in [1.82, 2.24) is 9.80 Å². The van der Waals surface area contributed by atoms with Gasteiger partial charge in [-0.1, -0.05) is 0 Å². The molecule has 4 N–H and O–H groups in total. The largest absolute Gasteiger partial charge is 0.327 e. The van der Waals surface area contributed by atoms with E-state index in [0.717, 1.165) is 12.5 Å². The Morgan fingerprint density at radius 1 is 1.11 bits per heavy atom. The van der Waals surface area contributed by atoms with Crippen molar-refractivity contribution in [2.45, 2.75) is 31.3 Å². The fraction of sp³-hybridized carbons (Fsp3) is 1.00. The summed E-state index contributed by atoms with van der Waals surface area (Å²) in [5, 5.41) is 0. The van der Waals surface area contributed by atoms with Crippen LogP contribution in [0.4, 0.5) is 0 Å². The van der Waals surface area contributed by atoms with Crippen molar-refractivity contribution in [2.75, 3.05) is 40.3 Å². The highest BCUT2D eigenvalue weighted by Gasteiger charge is 2.57. The summed E-state index contributed by atoms with van der Waals surface area (Å²) >= 11 is 0. The van der Waals surface area contributed by atoms with Crippen molar-refractivity contribution < 1.29 is 0 Å². The zero-order valence-corrected chi connectivity index (χ0v) is 11.8. The first-order chi connectivity index (χ1) is 8.50. The SMILES string of the molecule is CN1CCC(CC23C[C@H](N)C2CN(C)C3)[C@@H](N)C1. The highest BCUT2D eigenvalue weighted by Crippen LogP contribution is 2.55. The monoisotopic (exact) mass is 252 g/mol. The minimum Gasteiger partial charge on any atom is -0.327 e. The van der Waals surface area contributed by atoms with E-state index in [2.05, 4.69) is 23.9 Å². The van der Waals surface area contributed by atoms with E-state index >= 15 is 0 Å². The molecule has 1 saturated carbocycles. The lowest BCUT2D eigenvalue weighted by atomic mass is 9.55. The van der Waals surface area contributed by atoms with Crippen LogP contribution in [0, 0.1) is 17.3 Å². The molecule has 3 rings (SSSR count). The number of nitrogens with two attached hydrogens (primary N) is 2. The van der Waals surface area contributed by atoms with E-state index in [0.29, 0.717) is 23.4 Å². The predicted octanol–water partition coefficient (Wildman–Crippen LogP) is -0.0655. The molecule has 0 amide bonds. The summed E-state index contributed by atoms with van der Waals surface area (Å²) in [5.74, 6) is 1.44. The van der Waals surface area contributed by atoms with Gasteiger partial charge in [-0.2, -0.15) is 0 Å². The minimum absolute atomic E-state index is 0.363. The second-order valence-electron chi connectivity index (χ2n) is 7.21. The van der Waals surface area contributed by atoms with Crippen LogP contribution >= 0.6 is 0 Å². The first kappa shape index (κ1) is 12.9. The van der Waals surface area contributed by atoms with Crippen LogP contribution in [0.2, 0.25) is 0 Å². The number of likely N-dealkylation sites (tertiary alicyclic amines) is 2. The molecule has 18 heavy (non-hydrogen) atoms. The molecular weight excluding hydrogens is 224 g/mol. The van der Waals surface area contributed by atoms with Crippen LogP contribution in [0.5, 0.6) is 0 Å². The fourth-order valence-electron chi connectivity index (χ4n) is 4.78. The van der Waals surface area contributed by atoms with Gasteiger partial charge in [-0.15, -0.1) is 0 Å². The van der Waals surface area contributed by atoms with E-state index in [1.165, 1.54) is 38.9 Å². The number of piperidine rings is 1. The maximum absolute atomic E-state index is 6.36. The van der Waals surface area contributed by atoms with Gasteiger partial charge < -0.3 is 21.3 Å². The third-order valence-electron chi connectivity index (χ3n) is 5.72. The topological polar surface area (TPSA) is 58.5 Å². The van der Waals surface area contributed by atoms with Gasteiger partial charge in [-0.3, -0.25) is 0 Å². The van der Waals surface area contributed by atoms with Gasteiger partial charge in [-0.05, 0) is 57.2 Å². The Morgan fingerprint density at radius 3 is 2.56 bits per heavy atom. The normalized spacial score (nSPS) is 50.0. The van der Waals surface area contributed by atoms with E-state index in [1.54, 1.807) is 0 Å². The second kappa shape index (κ2) is 4.44. The molecule has 104 valence electrons. The third-order valence-corrected chi connectivity index (χ3v) is 5.72. The average molecular weight is 252 g/mol. The third kappa shape index (κ3) is 1.99. The standard InChI is InChI=1S/C14H28N4/c1-17-4-3-10(13(16)8-17)5-14-6-12(15)11(14)7-18(2)9-14/h10-13H,3-9,15-16H2,1-2H3/t10?,11?,12-,13-,14?/m0/s1. The maximum Gasteiger partial charge on any atom is 0.0197 e. The van der Waals surface area contributed by atoms with Crippen LogP contribution < -0.4 is 11.5 Å². The molecule has 3 unspecified atom stereocenters. The summed E-state index contributed by atoms with van der Waals surface area (Å²) in [6.45, 7) is 4.71. The summed E-state index contributed by atoms with van der Waals surface area (Å²) in [5.41, 5.74) is 13.1. The molecule has 0 radical (unpaired) electrons. The first-order valence-corrected chi connectivity index (χ1v) is 7.38. The fourth-order valence-corrected chi connectivity index (χ4v) is 4.78. The lowest BCUT2D eigenvalue weighted by Crippen LogP contribution is -2.58. The molecule has 4 nitrogen and oxygen atoms in total. The van der Waals surface area contributed by atoms with Crippen LogP contribution in [-0.2, 0) is 0 Å². The predicted molar refractivity (Wildman–Crippen MR) is 74.2 cm³/mol. The maximum atomic E-state index is 6.36. The summed E-state index contributed by atoms with van der Waals surface area (Å²) in [6.07, 6.45) is 3.80. The van der Waals surface area contributed by atoms with Gasteiger partial charge >= 0.3 is 0 Å². The number of fused-ring (bicyclic) bond motifs is 1. The van der Waals surface area contributed by atoms with Gasteiger partial charge in [0.1, 0.15) is 0 Å². The molecule has 0 spiro atoms. The highest BCUT2D eigenvalue weighted by atomic mass is 15.2. The van der Waals surface area contributed by atoms with Gasteiger partial charge in [-0.25, -0.2) is 0 Å². The van der Waals surface area contributed by atoms with Gasteiger partial charge in [0.15, 0.2) is 0 Å². The molecule has 3 aliphatic rings. The van der Waals surface area contributed by atoms with Gasteiger partial charge in [0.2, 0.25) is 0 Å². The summed E-state index contributed by atoms with van der Waals surface area (Å²) in [4.78, 5) is 4.83. The zero-order chi connectivity index (χ0) is 12.9. The number of rotatable bonds is 2. The number of hydrogen-bond acceptors (Lipinski definition) is 4. The molecule has 0 bridgehead atoms. The highest BCUT2D eigenvalue weighted by molar-refractivity contribution is 5.11. The van der Waals surface area contributed by atoms with E-state index in [4.69, 9.17) is 11.5 Å². The molecule has 2 aliphatic heterocycles. The van der Waals surface area contributed by atoms with Gasteiger partial charge in [0.25, 0.3) is 0 Å². The van der Waals surface area contributed by atoms with E-state index in [1.807, 2.05) is 0 Å². The number of nitrogens with zero attached hydrogens (tertiary/aromatic N) is 2. The summed E-state index contributed by atoms with van der Waals surface area (Å²) in [6, 6.07) is 0.805. The summed E-state index contributed by atoms with van der Waals surface area (Å²) < 4.78 is 0. The van der Waals surface area contributed by atoms with E-state index in [9.17, 15) is 0 Å². The molecule has 2 heterocycles. The Bertz CT molecular complexity index is 321. The van der Waals surface area contributed by atoms with Gasteiger partial charge in [0.05, 0.1) is 0 Å². The molecule has 0 aromatic heterocycles. The minimum atomic E-state index is 0.363. The number of likely N-dealkylation sites (N-methyl/N-ethyl adjacent to an activating group) is 1. The Kier molecular flexibility index (Phi) is 3.17. The van der Waals surface area contributed by atoms with Crippen molar-refractivity contribution in [3.05, 3.63) is 0 Å². The van der Waals surface area contributed by atoms with Gasteiger partial charge in [0, 0.05) is 31.7 Å². The molecule has 0 aromatic rings. The van der Waals surface area contributed by atoms with Crippen molar-refractivity contribution in [2.24, 2.45) is 28.7 Å². The zero-order valence-electron chi connectivity index (χ0n) is 11.8. The van der Waals surface area contributed by atoms with Crippen LogP contribution in [0.25, 0.3) is 0 Å². The Morgan fingerprint density at radius 2 is 1.89 bits per heavy atom. The Hall–Kier alpha value is -0.160. The molecule has 5 atom stereocenters. The Labute approximate surface area is 111 Å². The van der Waals surface area contributed by atoms with Crippen molar-refractivity contribution in [3.8, 4) is 0 Å². The molecule has 3 fully saturated rings. The molecule has 2 saturated heterocycles. The number of hydrogen-bond donors (Lipinski definition) is 2. The van der Waals surface area contributed by atoms with Crippen molar-refractivity contribution in [1.29, 1.82) is 0 Å². The van der Waals surface area contributed by atoms with Crippen LogP contribution in [0.15, 0.2) is 0 Å². The Balaban J connectivity index is 1.66. The van der Waals surface area contributed by atoms with E-state index < -0.39 is 0 Å². The van der Waals surface area contributed by atoms with Crippen LogP contribution in [-0.4, -0.2) is 62.2 Å². The van der Waals surface area contributed by atoms with Crippen LogP contribution in [0.3, 0.4) is 0 Å². The van der Waals surface area contributed by atoms with Crippen molar-refractivity contribution in [3.63, 3.8) is 0 Å². The smallest absolute Gasteiger partial charge is 0.0197 e. The second-order valence-corrected chi connectivity index (χ2v) is 7.21. The van der Waals surface area contributed by atoms with Crippen LogP contribution in [0.1, 0.15) is 19.3 Å². The molecule has 4 heteroatoms. The lowest BCUT2D eigenvalue weighted by Gasteiger charge is -2.52. The molecule has 0 aromatic carbocycles. The molecule has 1 aliphatic carbocycles.